The van der Waals surface area contributed by atoms with E-state index >= 15 is 0 Å². The monoisotopic (exact) mass is 536 g/mol. The minimum absolute atomic E-state index is 0.173. The number of aromatic nitrogens is 4. The number of fused-ring (bicyclic) bond motifs is 3. The molecule has 8 heteroatoms. The third-order valence-electron chi connectivity index (χ3n) is 9.12. The highest BCUT2D eigenvalue weighted by molar-refractivity contribution is 5.92. The Kier molecular flexibility index (Phi) is 6.63. The van der Waals surface area contributed by atoms with Crippen molar-refractivity contribution in [2.75, 3.05) is 31.2 Å². The van der Waals surface area contributed by atoms with Crippen LogP contribution in [0.1, 0.15) is 65.6 Å². The molecule has 0 aliphatic carbocycles. The van der Waals surface area contributed by atoms with Crippen LogP contribution in [0.5, 0.6) is 0 Å². The van der Waals surface area contributed by atoms with E-state index in [1.165, 1.54) is 42.6 Å². The molecule has 2 aromatic carbocycles. The standard InChI is InChI=1S/C32H36N6O2/c39-31(28-10-16-37(35-28)23-24-4-2-1-3-5-24)34-27-9-7-25-6-8-26(22-29(25)38-19-15-33-30(27)38)36-17-11-32(12-18-36)13-20-40-21-14-32/h1-6,8,10,15-16,19,22,27H,7,9,11-14,17-18,20-21,23H2,(H,34,39). The predicted octanol–water partition coefficient (Wildman–Crippen LogP) is 4.93. The number of nitrogens with one attached hydrogen (secondary N) is 1. The van der Waals surface area contributed by atoms with Crippen molar-refractivity contribution in [1.29, 1.82) is 0 Å². The summed E-state index contributed by atoms with van der Waals surface area (Å²) in [7, 11) is 0. The van der Waals surface area contributed by atoms with Gasteiger partial charge < -0.3 is 19.5 Å². The quantitative estimate of drug-likeness (QED) is 0.391. The summed E-state index contributed by atoms with van der Waals surface area (Å²) in [5.74, 6) is 0.695. The van der Waals surface area contributed by atoms with Crippen LogP contribution in [0.2, 0.25) is 0 Å². The number of imidazole rings is 1. The van der Waals surface area contributed by atoms with Gasteiger partial charge in [0.2, 0.25) is 0 Å². The van der Waals surface area contributed by atoms with Crippen LogP contribution < -0.4 is 10.2 Å². The van der Waals surface area contributed by atoms with Gasteiger partial charge in [0.1, 0.15) is 11.5 Å². The molecular weight excluding hydrogens is 500 g/mol. The van der Waals surface area contributed by atoms with E-state index in [-0.39, 0.29) is 11.9 Å². The van der Waals surface area contributed by atoms with Gasteiger partial charge in [0.25, 0.3) is 5.91 Å². The maximum absolute atomic E-state index is 13.2. The van der Waals surface area contributed by atoms with Crippen molar-refractivity contribution in [2.24, 2.45) is 5.41 Å². The Balaban J connectivity index is 1.06. The Bertz CT molecular complexity index is 1480. The lowest BCUT2D eigenvalue weighted by Crippen LogP contribution is -2.43. The molecule has 0 saturated carbocycles. The normalized spacial score (nSPS) is 20.0. The van der Waals surface area contributed by atoms with Gasteiger partial charge in [-0.3, -0.25) is 9.48 Å². The fourth-order valence-electron chi connectivity index (χ4n) is 6.64. The molecule has 0 radical (unpaired) electrons. The van der Waals surface area contributed by atoms with Crippen LogP contribution in [0.15, 0.2) is 73.2 Å². The molecule has 3 aliphatic heterocycles. The molecule has 2 fully saturated rings. The molecule has 1 atom stereocenters. The third-order valence-corrected chi connectivity index (χ3v) is 9.12. The van der Waals surface area contributed by atoms with Crippen molar-refractivity contribution in [3.05, 3.63) is 95.8 Å². The predicted molar refractivity (Wildman–Crippen MR) is 154 cm³/mol. The first-order chi connectivity index (χ1) is 19.7. The van der Waals surface area contributed by atoms with E-state index in [4.69, 9.17) is 9.72 Å². The molecule has 0 bridgehead atoms. The highest BCUT2D eigenvalue weighted by Gasteiger charge is 2.36. The number of rotatable bonds is 5. The molecule has 5 heterocycles. The van der Waals surface area contributed by atoms with Gasteiger partial charge in [0.15, 0.2) is 0 Å². The molecule has 40 heavy (non-hydrogen) atoms. The van der Waals surface area contributed by atoms with Crippen LogP contribution in [0.3, 0.4) is 0 Å². The minimum atomic E-state index is -0.194. The van der Waals surface area contributed by atoms with Gasteiger partial charge in [0.05, 0.1) is 18.3 Å². The number of piperidine rings is 1. The molecule has 8 nitrogen and oxygen atoms in total. The van der Waals surface area contributed by atoms with Crippen LogP contribution in [-0.2, 0) is 17.7 Å². The number of amides is 1. The summed E-state index contributed by atoms with van der Waals surface area (Å²) in [6.45, 7) is 4.63. The highest BCUT2D eigenvalue weighted by Crippen LogP contribution is 2.42. The van der Waals surface area contributed by atoms with Gasteiger partial charge >= 0.3 is 0 Å². The molecule has 1 N–H and O–H groups in total. The van der Waals surface area contributed by atoms with Crippen molar-refractivity contribution in [2.45, 2.75) is 51.1 Å². The van der Waals surface area contributed by atoms with Gasteiger partial charge in [-0.25, -0.2) is 4.98 Å². The smallest absolute Gasteiger partial charge is 0.272 e. The average molecular weight is 537 g/mol. The number of benzene rings is 2. The molecule has 2 aromatic heterocycles. The number of hydrogen-bond acceptors (Lipinski definition) is 5. The highest BCUT2D eigenvalue weighted by atomic mass is 16.5. The van der Waals surface area contributed by atoms with E-state index < -0.39 is 0 Å². The van der Waals surface area contributed by atoms with Gasteiger partial charge in [-0.15, -0.1) is 0 Å². The first-order valence-corrected chi connectivity index (χ1v) is 14.5. The summed E-state index contributed by atoms with van der Waals surface area (Å²) in [6, 6.07) is 18.6. The second-order valence-electron chi connectivity index (χ2n) is 11.5. The molecular formula is C32H36N6O2. The zero-order valence-corrected chi connectivity index (χ0v) is 22.8. The first-order valence-electron chi connectivity index (χ1n) is 14.5. The Hall–Kier alpha value is -3.91. The average Bonchev–Trinajstić information content (AvgIpc) is 3.64. The number of carbonyl (C=O) groups excluding carboxylic acids is 1. The topological polar surface area (TPSA) is 77.2 Å². The lowest BCUT2D eigenvalue weighted by atomic mass is 9.72. The van der Waals surface area contributed by atoms with Crippen molar-refractivity contribution >= 4 is 11.6 Å². The maximum atomic E-state index is 13.2. The van der Waals surface area contributed by atoms with Crippen LogP contribution >= 0.6 is 0 Å². The SMILES string of the molecule is O=C(NC1CCc2ccc(N3CCC4(CCOCC4)CC3)cc2-n2ccnc21)c1ccn(Cc2ccccc2)n1. The first kappa shape index (κ1) is 25.1. The second kappa shape index (κ2) is 10.6. The Morgan fingerprint density at radius 2 is 1.82 bits per heavy atom. The summed E-state index contributed by atoms with van der Waals surface area (Å²) in [5.41, 5.74) is 5.76. The number of carbonyl (C=O) groups is 1. The second-order valence-corrected chi connectivity index (χ2v) is 11.5. The Morgan fingerprint density at radius 3 is 2.65 bits per heavy atom. The summed E-state index contributed by atoms with van der Waals surface area (Å²) in [6.07, 6.45) is 12.2. The van der Waals surface area contributed by atoms with E-state index in [1.807, 2.05) is 36.8 Å². The number of anilines is 1. The van der Waals surface area contributed by atoms with Crippen LogP contribution in [-0.4, -0.2) is 51.5 Å². The van der Waals surface area contributed by atoms with Crippen molar-refractivity contribution in [3.63, 3.8) is 0 Å². The minimum Gasteiger partial charge on any atom is -0.381 e. The fraction of sp³-hybridized carbons (Fsp3) is 0.406. The van der Waals surface area contributed by atoms with Crippen LogP contribution in [0.4, 0.5) is 5.69 Å². The van der Waals surface area contributed by atoms with Gasteiger partial charge in [-0.1, -0.05) is 36.4 Å². The van der Waals surface area contributed by atoms with E-state index in [1.54, 1.807) is 10.7 Å². The lowest BCUT2D eigenvalue weighted by molar-refractivity contribution is 0.00212. The zero-order chi connectivity index (χ0) is 26.9. The molecule has 1 amide bonds. The molecule has 2 saturated heterocycles. The summed E-state index contributed by atoms with van der Waals surface area (Å²) >= 11 is 0. The summed E-state index contributed by atoms with van der Waals surface area (Å²) in [5, 5.41) is 7.76. The van der Waals surface area contributed by atoms with Gasteiger partial charge in [-0.2, -0.15) is 5.10 Å². The number of ether oxygens (including phenoxy) is 1. The Morgan fingerprint density at radius 1 is 1.00 bits per heavy atom. The van der Waals surface area contributed by atoms with Crippen molar-refractivity contribution < 1.29 is 9.53 Å². The summed E-state index contributed by atoms with van der Waals surface area (Å²) < 4.78 is 9.60. The third kappa shape index (κ3) is 4.92. The molecule has 7 rings (SSSR count). The van der Waals surface area contributed by atoms with E-state index in [2.05, 4.69) is 50.2 Å². The van der Waals surface area contributed by atoms with Gasteiger partial charge in [0, 0.05) is 50.6 Å². The van der Waals surface area contributed by atoms with Crippen LogP contribution in [0, 0.1) is 5.41 Å². The lowest BCUT2D eigenvalue weighted by Gasteiger charge is -2.45. The molecule has 3 aliphatic rings. The molecule has 1 spiro atoms. The molecule has 4 aromatic rings. The zero-order valence-electron chi connectivity index (χ0n) is 22.8. The molecule has 206 valence electrons. The fourth-order valence-corrected chi connectivity index (χ4v) is 6.64. The maximum Gasteiger partial charge on any atom is 0.272 e. The number of nitrogens with zero attached hydrogens (tertiary/aromatic N) is 5. The Labute approximate surface area is 235 Å². The van der Waals surface area contributed by atoms with Crippen LogP contribution in [0.25, 0.3) is 5.69 Å². The number of aryl methyl sites for hydroxylation is 1. The summed E-state index contributed by atoms with van der Waals surface area (Å²) in [4.78, 5) is 20.5. The van der Waals surface area contributed by atoms with Gasteiger partial charge in [-0.05, 0) is 73.3 Å². The molecule has 1 unspecified atom stereocenters. The van der Waals surface area contributed by atoms with Crippen molar-refractivity contribution in [3.8, 4) is 5.69 Å². The number of hydrogen-bond donors (Lipinski definition) is 1. The van der Waals surface area contributed by atoms with Crippen molar-refractivity contribution in [1.82, 2.24) is 24.6 Å². The van der Waals surface area contributed by atoms with E-state index in [9.17, 15) is 4.79 Å². The largest absolute Gasteiger partial charge is 0.381 e. The van der Waals surface area contributed by atoms with E-state index in [0.717, 1.165) is 50.5 Å². The van der Waals surface area contributed by atoms with E-state index in [0.29, 0.717) is 17.7 Å².